The predicted octanol–water partition coefficient (Wildman–Crippen LogP) is 2.01. The van der Waals surface area contributed by atoms with Gasteiger partial charge in [-0.3, -0.25) is 9.69 Å². The lowest BCUT2D eigenvalue weighted by molar-refractivity contribution is -0.118. The Bertz CT molecular complexity index is 503. The topological polar surface area (TPSA) is 44.4 Å². The molecular formula is C17H25N3O. The molecule has 0 saturated carbocycles. The molecule has 1 aromatic rings. The Morgan fingerprint density at radius 3 is 3.05 bits per heavy atom. The molecule has 0 bridgehead atoms. The van der Waals surface area contributed by atoms with E-state index in [0.29, 0.717) is 6.04 Å². The summed E-state index contributed by atoms with van der Waals surface area (Å²) in [5.41, 5.74) is 2.22. The fourth-order valence-corrected chi connectivity index (χ4v) is 3.53. The quantitative estimate of drug-likeness (QED) is 0.890. The monoisotopic (exact) mass is 287 g/mol. The van der Waals surface area contributed by atoms with Gasteiger partial charge in [0.1, 0.15) is 0 Å². The number of likely N-dealkylation sites (tertiary alicyclic amines) is 1. The minimum atomic E-state index is -0.0725. The molecule has 2 unspecified atom stereocenters. The minimum absolute atomic E-state index is 0.0725. The Kier molecular flexibility index (Phi) is 4.56. The Morgan fingerprint density at radius 2 is 2.19 bits per heavy atom. The number of carbonyl (C=O) groups excluding carboxylic acids is 1. The van der Waals surface area contributed by atoms with Crippen LogP contribution in [-0.2, 0) is 11.2 Å². The summed E-state index contributed by atoms with van der Waals surface area (Å²) in [6.45, 7) is 5.44. The van der Waals surface area contributed by atoms with Gasteiger partial charge in [-0.1, -0.05) is 25.1 Å². The van der Waals surface area contributed by atoms with Gasteiger partial charge in [0.15, 0.2) is 0 Å². The minimum Gasteiger partial charge on any atom is -0.324 e. The van der Waals surface area contributed by atoms with Crippen LogP contribution in [0.15, 0.2) is 24.3 Å². The van der Waals surface area contributed by atoms with Gasteiger partial charge in [0.25, 0.3) is 0 Å². The third kappa shape index (κ3) is 3.27. The van der Waals surface area contributed by atoms with Gasteiger partial charge in [-0.25, -0.2) is 0 Å². The zero-order valence-electron chi connectivity index (χ0n) is 12.8. The number of hydrogen-bond acceptors (Lipinski definition) is 3. The first-order valence-electron chi connectivity index (χ1n) is 8.14. The normalized spacial score (nSPS) is 26.2. The number of likely N-dealkylation sites (N-methyl/N-ethyl adjacent to an activating group) is 1. The lowest BCUT2D eigenvalue weighted by Crippen LogP contribution is -2.46. The van der Waals surface area contributed by atoms with E-state index in [9.17, 15) is 4.79 Å². The highest BCUT2D eigenvalue weighted by atomic mass is 16.2. The fourth-order valence-electron chi connectivity index (χ4n) is 3.53. The van der Waals surface area contributed by atoms with Crippen molar-refractivity contribution in [3.63, 3.8) is 0 Å². The van der Waals surface area contributed by atoms with Crippen molar-refractivity contribution in [1.82, 2.24) is 10.2 Å². The number of nitrogens with one attached hydrogen (secondary N) is 2. The van der Waals surface area contributed by atoms with Crippen LogP contribution in [0.25, 0.3) is 0 Å². The maximum Gasteiger partial charge on any atom is 0.241 e. The van der Waals surface area contributed by atoms with Crippen molar-refractivity contribution in [3.8, 4) is 0 Å². The van der Waals surface area contributed by atoms with Crippen molar-refractivity contribution in [2.24, 2.45) is 0 Å². The summed E-state index contributed by atoms with van der Waals surface area (Å²) in [6.07, 6.45) is 4.36. The molecule has 0 aromatic heterocycles. The lowest BCUT2D eigenvalue weighted by atomic mass is 10.1. The van der Waals surface area contributed by atoms with Crippen LogP contribution in [0.5, 0.6) is 0 Å². The number of nitrogens with zero attached hydrogens (tertiary/aromatic N) is 1. The molecule has 1 amide bonds. The number of amides is 1. The van der Waals surface area contributed by atoms with Crippen LogP contribution in [0.4, 0.5) is 5.69 Å². The number of carbonyl (C=O) groups is 1. The van der Waals surface area contributed by atoms with Crippen molar-refractivity contribution in [3.05, 3.63) is 29.8 Å². The molecule has 4 nitrogen and oxygen atoms in total. The molecule has 2 N–H and O–H groups in total. The van der Waals surface area contributed by atoms with Crippen LogP contribution in [0.1, 0.15) is 31.7 Å². The SMILES string of the molecule is CCN1CCCC1CNC1CCc2ccccc2NC1=O. The van der Waals surface area contributed by atoms with Gasteiger partial charge in [0.2, 0.25) is 5.91 Å². The molecule has 2 aliphatic rings. The number of rotatable bonds is 4. The zero-order chi connectivity index (χ0) is 14.7. The van der Waals surface area contributed by atoms with Crippen LogP contribution in [0.3, 0.4) is 0 Å². The van der Waals surface area contributed by atoms with E-state index >= 15 is 0 Å². The third-order valence-electron chi connectivity index (χ3n) is 4.80. The largest absolute Gasteiger partial charge is 0.324 e. The van der Waals surface area contributed by atoms with Crippen LogP contribution < -0.4 is 10.6 Å². The van der Waals surface area contributed by atoms with Gasteiger partial charge >= 0.3 is 0 Å². The zero-order valence-corrected chi connectivity index (χ0v) is 12.8. The second-order valence-electron chi connectivity index (χ2n) is 6.07. The van der Waals surface area contributed by atoms with Crippen molar-refractivity contribution >= 4 is 11.6 Å². The van der Waals surface area contributed by atoms with E-state index < -0.39 is 0 Å². The van der Waals surface area contributed by atoms with Gasteiger partial charge in [-0.15, -0.1) is 0 Å². The molecule has 2 atom stereocenters. The van der Waals surface area contributed by atoms with E-state index in [4.69, 9.17) is 0 Å². The molecule has 21 heavy (non-hydrogen) atoms. The summed E-state index contributed by atoms with van der Waals surface area (Å²) < 4.78 is 0. The van der Waals surface area contributed by atoms with Crippen molar-refractivity contribution in [1.29, 1.82) is 0 Å². The van der Waals surface area contributed by atoms with Gasteiger partial charge in [0.05, 0.1) is 6.04 Å². The van der Waals surface area contributed by atoms with E-state index in [1.54, 1.807) is 0 Å². The smallest absolute Gasteiger partial charge is 0.241 e. The number of para-hydroxylation sites is 1. The Labute approximate surface area is 126 Å². The number of benzene rings is 1. The number of anilines is 1. The summed E-state index contributed by atoms with van der Waals surface area (Å²) in [6, 6.07) is 8.63. The maximum atomic E-state index is 12.3. The lowest BCUT2D eigenvalue weighted by Gasteiger charge is -2.25. The van der Waals surface area contributed by atoms with Crippen molar-refractivity contribution < 1.29 is 4.79 Å². The van der Waals surface area contributed by atoms with Gasteiger partial charge in [-0.2, -0.15) is 0 Å². The summed E-state index contributed by atoms with van der Waals surface area (Å²) in [4.78, 5) is 14.9. The number of aryl methyl sites for hydroxylation is 1. The highest BCUT2D eigenvalue weighted by Gasteiger charge is 2.27. The molecule has 114 valence electrons. The Hall–Kier alpha value is -1.39. The van der Waals surface area contributed by atoms with E-state index in [1.165, 1.54) is 24.9 Å². The van der Waals surface area contributed by atoms with Crippen LogP contribution in [0, 0.1) is 0 Å². The van der Waals surface area contributed by atoms with E-state index in [-0.39, 0.29) is 11.9 Å². The van der Waals surface area contributed by atoms with Gasteiger partial charge in [0, 0.05) is 18.3 Å². The van der Waals surface area contributed by atoms with E-state index in [0.717, 1.165) is 31.6 Å². The first-order valence-corrected chi connectivity index (χ1v) is 8.14. The maximum absolute atomic E-state index is 12.3. The van der Waals surface area contributed by atoms with Crippen LogP contribution in [0.2, 0.25) is 0 Å². The molecule has 2 aliphatic heterocycles. The molecule has 1 saturated heterocycles. The second-order valence-corrected chi connectivity index (χ2v) is 6.07. The predicted molar refractivity (Wildman–Crippen MR) is 85.5 cm³/mol. The summed E-state index contributed by atoms with van der Waals surface area (Å²) in [5.74, 6) is 0.112. The molecule has 0 aliphatic carbocycles. The first kappa shape index (κ1) is 14.5. The molecule has 3 rings (SSSR count). The van der Waals surface area contributed by atoms with Crippen molar-refractivity contribution in [2.45, 2.75) is 44.7 Å². The molecule has 1 aromatic carbocycles. The van der Waals surface area contributed by atoms with Crippen molar-refractivity contribution in [2.75, 3.05) is 25.0 Å². The molecule has 2 heterocycles. The molecular weight excluding hydrogens is 262 g/mol. The Morgan fingerprint density at radius 1 is 1.33 bits per heavy atom. The van der Waals surface area contributed by atoms with Crippen LogP contribution in [-0.4, -0.2) is 42.5 Å². The van der Waals surface area contributed by atoms with Gasteiger partial charge in [-0.05, 0) is 50.4 Å². The summed E-state index contributed by atoms with van der Waals surface area (Å²) in [5, 5.41) is 6.56. The summed E-state index contributed by atoms with van der Waals surface area (Å²) in [7, 11) is 0. The average Bonchev–Trinajstić information content (AvgIpc) is 2.89. The molecule has 4 heteroatoms. The third-order valence-corrected chi connectivity index (χ3v) is 4.80. The van der Waals surface area contributed by atoms with Crippen LogP contribution >= 0.6 is 0 Å². The van der Waals surface area contributed by atoms with E-state index in [2.05, 4.69) is 28.5 Å². The second kappa shape index (κ2) is 6.58. The van der Waals surface area contributed by atoms with E-state index in [1.807, 2.05) is 18.2 Å². The standard InChI is InChI=1S/C17H25N3O/c1-2-20-11-5-7-14(20)12-18-16-10-9-13-6-3-4-8-15(13)19-17(16)21/h3-4,6,8,14,16,18H,2,5,7,9-12H2,1H3,(H,19,21). The first-order chi connectivity index (χ1) is 10.3. The summed E-state index contributed by atoms with van der Waals surface area (Å²) >= 11 is 0. The molecule has 0 radical (unpaired) electrons. The number of fused-ring (bicyclic) bond motifs is 1. The number of hydrogen-bond donors (Lipinski definition) is 2. The fraction of sp³-hybridized carbons (Fsp3) is 0.588. The molecule has 0 spiro atoms. The van der Waals surface area contributed by atoms with Gasteiger partial charge < -0.3 is 10.6 Å². The highest BCUT2D eigenvalue weighted by Crippen LogP contribution is 2.22. The Balaban J connectivity index is 1.58. The molecule has 1 fully saturated rings. The average molecular weight is 287 g/mol. The highest BCUT2D eigenvalue weighted by molar-refractivity contribution is 5.96.